The summed E-state index contributed by atoms with van der Waals surface area (Å²) in [5.74, 6) is 7.70. The van der Waals surface area contributed by atoms with Crippen molar-refractivity contribution in [1.29, 1.82) is 0 Å². The Labute approximate surface area is 147 Å². The summed E-state index contributed by atoms with van der Waals surface area (Å²) >= 11 is 0. The molecule has 8 unspecified atom stereocenters. The van der Waals surface area contributed by atoms with Crippen LogP contribution in [0.15, 0.2) is 0 Å². The van der Waals surface area contributed by atoms with Gasteiger partial charge in [0, 0.05) is 0 Å². The predicted octanol–water partition coefficient (Wildman–Crippen LogP) is 6.77. The second kappa shape index (κ2) is 11.1. The van der Waals surface area contributed by atoms with Gasteiger partial charge in [0.2, 0.25) is 0 Å². The van der Waals surface area contributed by atoms with Gasteiger partial charge >= 0.3 is 17.1 Å². The zero-order valence-electron chi connectivity index (χ0n) is 16.4. The maximum Gasteiger partial charge on any atom is 2.00 e. The van der Waals surface area contributed by atoms with E-state index in [9.17, 15) is 0 Å². The Bertz CT molecular complexity index is 200. The molecule has 0 aromatic heterocycles. The van der Waals surface area contributed by atoms with Crippen molar-refractivity contribution in [3.05, 3.63) is 14.9 Å². The number of hydrogen-bond acceptors (Lipinski definition) is 0. The minimum absolute atomic E-state index is 0. The van der Waals surface area contributed by atoms with E-state index in [4.69, 9.17) is 0 Å². The molecule has 0 aliphatic heterocycles. The van der Waals surface area contributed by atoms with Crippen molar-refractivity contribution in [2.45, 2.75) is 68.2 Å². The summed E-state index contributed by atoms with van der Waals surface area (Å²) in [7, 11) is 0. The van der Waals surface area contributed by atoms with Gasteiger partial charge < -0.3 is 14.9 Å². The quantitative estimate of drug-likeness (QED) is 0.338. The summed E-state index contributed by atoms with van der Waals surface area (Å²) in [6, 6.07) is 0. The minimum atomic E-state index is 0. The van der Waals surface area contributed by atoms with E-state index in [0.29, 0.717) is 0 Å². The van der Waals surface area contributed by atoms with Gasteiger partial charge in [0.05, 0.1) is 0 Å². The molecule has 0 spiro atoms. The van der Waals surface area contributed by atoms with Gasteiger partial charge in [-0.1, -0.05) is 55.4 Å². The zero-order valence-corrected chi connectivity index (χ0v) is 17.6. The molecule has 1 radical (unpaired) electrons. The molecule has 2 saturated carbocycles. The maximum absolute atomic E-state index is 2.39. The van der Waals surface area contributed by atoms with Gasteiger partial charge in [-0.15, -0.1) is 0 Å². The van der Waals surface area contributed by atoms with Gasteiger partial charge in [0.1, 0.15) is 0 Å². The van der Waals surface area contributed by atoms with E-state index >= 15 is 0 Å². The maximum atomic E-state index is 2.39. The van der Waals surface area contributed by atoms with E-state index in [1.165, 1.54) is 12.8 Å². The van der Waals surface area contributed by atoms with Crippen LogP contribution in [0.5, 0.6) is 0 Å². The van der Waals surface area contributed by atoms with Crippen molar-refractivity contribution in [3.63, 3.8) is 0 Å². The molecule has 2 fully saturated rings. The Morgan fingerprint density at radius 2 is 0.571 bits per heavy atom. The van der Waals surface area contributed by atoms with Crippen molar-refractivity contribution in [3.8, 4) is 0 Å². The summed E-state index contributed by atoms with van der Waals surface area (Å²) in [4.78, 5) is 0. The van der Waals surface area contributed by atoms with Crippen LogP contribution in [0.4, 0.5) is 0 Å². The molecule has 0 nitrogen and oxygen atoms in total. The Morgan fingerprint density at radius 3 is 0.619 bits per heavy atom. The minimum Gasteiger partial charge on any atom is -0.358 e. The van der Waals surface area contributed by atoms with Crippen LogP contribution in [0.1, 0.15) is 68.2 Å². The standard InChI is InChI=1S/2C9H18.2CH3.Mn/c2*1-6-5-7(2)9(4)8(6)3;;;/h2*6-9H,5H2,1-4H3;2*1H3;/q;;2*-1;+2. The molecular weight excluding hydrogens is 295 g/mol. The molecule has 0 N–H and O–H groups in total. The monoisotopic (exact) mass is 337 g/mol. The molecule has 2 rings (SSSR count). The second-order valence-electron chi connectivity index (χ2n) is 7.82. The Balaban J connectivity index is -0.000000270. The van der Waals surface area contributed by atoms with E-state index < -0.39 is 0 Å². The van der Waals surface area contributed by atoms with Gasteiger partial charge in [-0.25, -0.2) is 0 Å². The van der Waals surface area contributed by atoms with Crippen molar-refractivity contribution < 1.29 is 17.1 Å². The fourth-order valence-corrected chi connectivity index (χ4v) is 4.10. The van der Waals surface area contributed by atoms with Crippen molar-refractivity contribution in [2.24, 2.45) is 47.3 Å². The van der Waals surface area contributed by atoms with Gasteiger partial charge in [-0.2, -0.15) is 0 Å². The van der Waals surface area contributed by atoms with E-state index in [-0.39, 0.29) is 31.9 Å². The van der Waals surface area contributed by atoms with Crippen LogP contribution in [0.2, 0.25) is 0 Å². The molecule has 0 saturated heterocycles. The van der Waals surface area contributed by atoms with Crippen molar-refractivity contribution in [1.82, 2.24) is 0 Å². The number of hydrogen-bond donors (Lipinski definition) is 0. The molecular formula is C20H42Mn. The van der Waals surface area contributed by atoms with Gasteiger partial charge in [-0.3, -0.25) is 0 Å². The third-order valence-corrected chi connectivity index (χ3v) is 6.74. The molecule has 1 heteroatoms. The number of rotatable bonds is 0. The first kappa shape index (κ1) is 26.4. The van der Waals surface area contributed by atoms with Crippen LogP contribution in [0, 0.1) is 62.2 Å². The van der Waals surface area contributed by atoms with Crippen LogP contribution in [0.25, 0.3) is 0 Å². The average molecular weight is 337 g/mol. The largest absolute Gasteiger partial charge is 2.00 e. The molecule has 0 aromatic rings. The van der Waals surface area contributed by atoms with Crippen molar-refractivity contribution in [2.75, 3.05) is 0 Å². The zero-order chi connectivity index (χ0) is 14.0. The summed E-state index contributed by atoms with van der Waals surface area (Å²) in [5, 5.41) is 0. The molecule has 0 bridgehead atoms. The smallest absolute Gasteiger partial charge is 0.358 e. The third kappa shape index (κ3) is 6.65. The SMILES string of the molecule is CC1CC(C)C(C)C1C.CC1CC(C)C(C)C1C.[CH3-].[CH3-].[Mn+2]. The fourth-order valence-electron chi connectivity index (χ4n) is 4.10. The molecule has 2 aliphatic rings. The molecule has 0 heterocycles. The van der Waals surface area contributed by atoms with Crippen molar-refractivity contribution >= 4 is 0 Å². The Kier molecular flexibility index (Phi) is 14.0. The molecule has 21 heavy (non-hydrogen) atoms. The van der Waals surface area contributed by atoms with Crippen LogP contribution >= 0.6 is 0 Å². The third-order valence-electron chi connectivity index (χ3n) is 6.74. The van der Waals surface area contributed by atoms with Crippen LogP contribution in [-0.2, 0) is 17.1 Å². The molecule has 2 aliphatic carbocycles. The van der Waals surface area contributed by atoms with Crippen LogP contribution < -0.4 is 0 Å². The van der Waals surface area contributed by atoms with E-state index in [1.54, 1.807) is 0 Å². The van der Waals surface area contributed by atoms with Crippen LogP contribution in [0.3, 0.4) is 0 Å². The summed E-state index contributed by atoms with van der Waals surface area (Å²) in [6.45, 7) is 19.1. The summed E-state index contributed by atoms with van der Waals surface area (Å²) in [6.07, 6.45) is 2.89. The molecule has 0 aromatic carbocycles. The second-order valence-corrected chi connectivity index (χ2v) is 7.82. The first-order valence-corrected chi connectivity index (χ1v) is 8.25. The average Bonchev–Trinajstić information content (AvgIpc) is 2.66. The van der Waals surface area contributed by atoms with E-state index in [1.807, 2.05) is 0 Å². The first-order chi connectivity index (χ1) is 8.25. The Hall–Kier alpha value is 0.519. The molecule has 0 amide bonds. The van der Waals surface area contributed by atoms with Crippen LogP contribution in [-0.4, -0.2) is 0 Å². The Morgan fingerprint density at radius 1 is 0.429 bits per heavy atom. The predicted molar refractivity (Wildman–Crippen MR) is 95.4 cm³/mol. The first-order valence-electron chi connectivity index (χ1n) is 8.25. The summed E-state index contributed by atoms with van der Waals surface area (Å²) in [5.41, 5.74) is 0. The normalized spacial score (nSPS) is 44.6. The van der Waals surface area contributed by atoms with E-state index in [2.05, 4.69) is 55.4 Å². The fraction of sp³-hybridized carbons (Fsp3) is 0.900. The summed E-state index contributed by atoms with van der Waals surface area (Å²) < 4.78 is 0. The van der Waals surface area contributed by atoms with Gasteiger partial charge in [-0.05, 0) is 60.2 Å². The van der Waals surface area contributed by atoms with E-state index in [0.717, 1.165) is 47.3 Å². The van der Waals surface area contributed by atoms with Gasteiger partial charge in [0.15, 0.2) is 0 Å². The van der Waals surface area contributed by atoms with Gasteiger partial charge in [0.25, 0.3) is 0 Å². The molecule has 8 atom stereocenters. The molecule has 129 valence electrons. The topological polar surface area (TPSA) is 0 Å².